The van der Waals surface area contributed by atoms with Crippen LogP contribution in [0.4, 0.5) is 85.3 Å². The first kappa shape index (κ1) is 65.9. The van der Waals surface area contributed by atoms with Gasteiger partial charge in [0.2, 0.25) is 0 Å². The Labute approximate surface area is 651 Å². The van der Waals surface area contributed by atoms with E-state index < -0.39 is 0 Å². The van der Waals surface area contributed by atoms with Crippen molar-refractivity contribution in [2.24, 2.45) is 0 Å². The van der Waals surface area contributed by atoms with Gasteiger partial charge in [0.1, 0.15) is 46.0 Å². The lowest BCUT2D eigenvalue weighted by atomic mass is 9.31. The largest absolute Gasteiger partial charge is 0.458 e. The predicted octanol–water partition coefficient (Wildman–Crippen LogP) is 21.0. The molecule has 13 aromatic carbocycles. The smallest absolute Gasteiger partial charge is 0.268 e. The summed E-state index contributed by atoms with van der Waals surface area (Å²) in [4.78, 5) is 14.5. The van der Waals surface area contributed by atoms with Crippen LogP contribution < -0.4 is 91.2 Å². The lowest BCUT2D eigenvalue weighted by Gasteiger charge is -2.43. The van der Waals surface area contributed by atoms with Crippen molar-refractivity contribution < 1.29 is 18.9 Å². The van der Waals surface area contributed by atoms with Gasteiger partial charge in [-0.1, -0.05) is 199 Å². The molecular weight excluding hydrogens is 1380 g/mol. The quantitative estimate of drug-likeness (QED) is 0.118. The fraction of sp³-hybridized carbons (Fsp3) is 0.104. The number of hydrogen-bond acceptors (Lipinski definition) is 11. The van der Waals surface area contributed by atoms with Crippen molar-refractivity contribution in [2.45, 2.75) is 66.2 Å². The predicted molar refractivity (Wildman–Crippen MR) is 463 cm³/mol. The molecule has 0 fully saturated rings. The van der Waals surface area contributed by atoms with Crippen molar-refractivity contribution in [3.05, 3.63) is 324 Å². The molecule has 6 aliphatic rings. The molecule has 2 aromatic heterocycles. The van der Waals surface area contributed by atoms with Crippen LogP contribution in [0.2, 0.25) is 0 Å². The summed E-state index contributed by atoms with van der Waals surface area (Å²) in [6.07, 6.45) is 0. The number of para-hydroxylation sites is 8. The van der Waals surface area contributed by atoms with E-state index in [0.29, 0.717) is 0 Å². The van der Waals surface area contributed by atoms with Gasteiger partial charge >= 0.3 is 0 Å². The molecule has 0 aliphatic carbocycles. The summed E-state index contributed by atoms with van der Waals surface area (Å²) in [5, 5.41) is 0. The average Bonchev–Trinajstić information content (AvgIpc) is 0.690. The number of benzene rings is 13. The normalized spacial score (nSPS) is 13.5. The maximum absolute atomic E-state index is 7.87. The third-order valence-corrected chi connectivity index (χ3v) is 25.8. The monoisotopic (exact) mass is 1460 g/mol. The molecule has 14 heteroatoms. The van der Waals surface area contributed by atoms with Crippen molar-refractivity contribution in [2.75, 3.05) is 24.5 Å². The summed E-state index contributed by atoms with van der Waals surface area (Å²) in [5.41, 5.74) is 24.9. The number of fused-ring (bicyclic) bond motifs is 12. The molecule has 528 valence electrons. The van der Waals surface area contributed by atoms with Crippen LogP contribution in [-0.4, -0.2) is 20.1 Å². The molecule has 8 heterocycles. The first-order chi connectivity index (χ1) is 53.6. The molecule has 0 radical (unpaired) electrons. The zero-order valence-corrected chi connectivity index (χ0v) is 63.9. The Bertz CT molecular complexity index is 5780. The molecule has 0 atom stereocenters. The van der Waals surface area contributed by atoms with Crippen molar-refractivity contribution >= 4 is 176 Å². The number of thiophene rings is 2. The van der Waals surface area contributed by atoms with Gasteiger partial charge in [0.25, 0.3) is 20.1 Å². The van der Waals surface area contributed by atoms with Crippen LogP contribution in [0.5, 0.6) is 46.0 Å². The SMILES string of the molecule is Cc1ccccc1N1c2cc3c(cc2B2c4sc(C(C)(C)C)cc4Oc4cc(N(c5ccccc5)c5ccccc5)cc1c42)B1c2cc4c(cc2Oc2cc(N(c5ccccc5)c5ccccc5)cc(c21)O3)N(c1ccccc1C)c1cc(N(c2ccccc2)c2ccccc2)cc2c1B4c1sc(C(C)(C)C)cc1O2. The second-order valence-electron chi connectivity index (χ2n) is 31.7. The van der Waals surface area contributed by atoms with Gasteiger partial charge in [-0.05, 0) is 178 Å². The summed E-state index contributed by atoms with van der Waals surface area (Å²) in [5.74, 6) is 6.42. The Kier molecular flexibility index (Phi) is 15.0. The van der Waals surface area contributed by atoms with E-state index in [9.17, 15) is 0 Å². The van der Waals surface area contributed by atoms with E-state index in [-0.39, 0.29) is 31.0 Å². The van der Waals surface area contributed by atoms with Gasteiger partial charge in [0.15, 0.2) is 0 Å². The minimum atomic E-state index is -0.388. The maximum Gasteiger partial charge on any atom is 0.268 e. The molecule has 110 heavy (non-hydrogen) atoms. The fourth-order valence-electron chi connectivity index (χ4n) is 17.5. The summed E-state index contributed by atoms with van der Waals surface area (Å²) in [6, 6.07) is 110. The fourth-order valence-corrected chi connectivity index (χ4v) is 20.1. The highest BCUT2D eigenvalue weighted by Gasteiger charge is 2.51. The van der Waals surface area contributed by atoms with Gasteiger partial charge in [-0.3, -0.25) is 0 Å². The third kappa shape index (κ3) is 10.5. The van der Waals surface area contributed by atoms with Crippen LogP contribution in [0.1, 0.15) is 62.4 Å². The van der Waals surface area contributed by atoms with Crippen LogP contribution in [-0.2, 0) is 10.8 Å². The summed E-state index contributed by atoms with van der Waals surface area (Å²) >= 11 is 3.75. The zero-order chi connectivity index (χ0) is 74.0. The number of rotatable bonds is 11. The zero-order valence-electron chi connectivity index (χ0n) is 62.3. The minimum absolute atomic E-state index is 0.163. The number of nitrogens with zero attached hydrogens (tertiary/aromatic N) is 5. The molecule has 21 rings (SSSR count). The van der Waals surface area contributed by atoms with E-state index in [1.165, 1.54) is 30.2 Å². The third-order valence-electron chi connectivity index (χ3n) is 22.6. The Hall–Kier alpha value is -12.3. The van der Waals surface area contributed by atoms with Crippen LogP contribution in [0.15, 0.2) is 303 Å². The number of hydrogen-bond donors (Lipinski definition) is 0. The van der Waals surface area contributed by atoms with Crippen LogP contribution in [0, 0.1) is 13.8 Å². The molecule has 15 aromatic rings. The van der Waals surface area contributed by atoms with E-state index in [1.807, 2.05) is 22.7 Å². The standard InChI is InChI=1S/C96H74B3N5O4S2/c1-59-31-27-29-45-74(59)103-76-55-80-72(53-70(76)98-90-78(103)47-67(49-82(90)107-86-57-88(95(3,4)5)109-93(86)98)100(61-33-15-9-16-34-61)62-35-17-10-18-36-62)97-73-54-71-77(56-81(73)106-85-52-69(51-84(105-80)92(85)97)102(65-41-23-13-24-42-65)66-43-25-14-26-44-66)104(75-46-30-28-32-60(75)2)79-48-68(101(63-37-19-11-20-38-63)64-39-21-12-22-40-64)50-83-91(79)99(71)94-87(108-83)58-89(110-94)96(6,7)8/h9-58H,1-8H3. The first-order valence-electron chi connectivity index (χ1n) is 37.9. The Morgan fingerprint density at radius 1 is 0.255 bits per heavy atom. The highest BCUT2D eigenvalue weighted by Crippen LogP contribution is 2.53. The number of ether oxygens (including phenoxy) is 4. The molecule has 0 bridgehead atoms. The Balaban J connectivity index is 0.844. The van der Waals surface area contributed by atoms with Crippen molar-refractivity contribution in [3.63, 3.8) is 0 Å². The van der Waals surface area contributed by atoms with Crippen molar-refractivity contribution in [1.82, 2.24) is 0 Å². The van der Waals surface area contributed by atoms with Crippen LogP contribution in [0.3, 0.4) is 0 Å². The van der Waals surface area contributed by atoms with Crippen LogP contribution >= 0.6 is 22.7 Å². The van der Waals surface area contributed by atoms with E-state index in [2.05, 4.69) is 383 Å². The molecule has 0 spiro atoms. The highest BCUT2D eigenvalue weighted by atomic mass is 32.1. The van der Waals surface area contributed by atoms with Crippen molar-refractivity contribution in [3.8, 4) is 46.0 Å². The molecule has 0 saturated heterocycles. The molecule has 0 unspecified atom stereocenters. The number of aryl methyl sites for hydroxylation is 2. The van der Waals surface area contributed by atoms with E-state index in [1.54, 1.807) is 0 Å². The molecule has 9 nitrogen and oxygen atoms in total. The van der Waals surface area contributed by atoms with E-state index in [0.717, 1.165) is 170 Å². The lowest BCUT2D eigenvalue weighted by molar-refractivity contribution is 0.465. The Morgan fingerprint density at radius 2 is 0.545 bits per heavy atom. The second kappa shape index (κ2) is 25.1. The van der Waals surface area contributed by atoms with Crippen LogP contribution in [0.25, 0.3) is 0 Å². The molecule has 6 aliphatic heterocycles. The minimum Gasteiger partial charge on any atom is -0.458 e. The van der Waals surface area contributed by atoms with Gasteiger partial charge in [0, 0.05) is 129 Å². The average molecular weight is 1460 g/mol. The molecule has 0 N–H and O–H groups in total. The van der Waals surface area contributed by atoms with Gasteiger partial charge in [0.05, 0.1) is 17.1 Å². The highest BCUT2D eigenvalue weighted by molar-refractivity contribution is 7.29. The van der Waals surface area contributed by atoms with E-state index >= 15 is 0 Å². The van der Waals surface area contributed by atoms with Gasteiger partial charge in [-0.15, -0.1) is 22.7 Å². The molecular formula is C96H74B3N5O4S2. The van der Waals surface area contributed by atoms with Gasteiger partial charge in [-0.25, -0.2) is 0 Å². The summed E-state index contributed by atoms with van der Waals surface area (Å²) < 4.78 is 33.1. The van der Waals surface area contributed by atoms with Gasteiger partial charge < -0.3 is 43.4 Å². The first-order valence-corrected chi connectivity index (χ1v) is 39.6. The second-order valence-corrected chi connectivity index (χ2v) is 33.8. The Morgan fingerprint density at radius 3 is 0.864 bits per heavy atom. The topological polar surface area (TPSA) is 53.1 Å². The molecule has 0 saturated carbocycles. The molecule has 0 amide bonds. The maximum atomic E-state index is 7.87. The number of anilines is 15. The van der Waals surface area contributed by atoms with E-state index in [4.69, 9.17) is 18.9 Å². The summed E-state index contributed by atoms with van der Waals surface area (Å²) in [6.45, 7) is 17.5. The lowest BCUT2D eigenvalue weighted by Crippen LogP contribution is -2.64. The summed E-state index contributed by atoms with van der Waals surface area (Å²) in [7, 11) is 0. The van der Waals surface area contributed by atoms with Crippen molar-refractivity contribution in [1.29, 1.82) is 0 Å². The van der Waals surface area contributed by atoms with Gasteiger partial charge in [-0.2, -0.15) is 0 Å².